The number of carbonyl (C=O) groups is 5. The van der Waals surface area contributed by atoms with Gasteiger partial charge in [0.05, 0.1) is 6.54 Å². The van der Waals surface area contributed by atoms with Gasteiger partial charge < -0.3 is 24.4 Å². The van der Waals surface area contributed by atoms with Crippen molar-refractivity contribution in [2.24, 2.45) is 5.92 Å². The SMILES string of the molecule is O=COCN1CCCN2CCN(CC(=O)O)CCCN(CC1)CC(CCC(=O)OC1C(=O)CCC1=O)C2. The number of rotatable bonds is 9. The molecule has 1 aliphatic carbocycles. The van der Waals surface area contributed by atoms with Crippen molar-refractivity contribution >= 4 is 30.0 Å². The number of ether oxygens (including phenoxy) is 2. The van der Waals surface area contributed by atoms with Crippen LogP contribution in [0.2, 0.25) is 0 Å². The van der Waals surface area contributed by atoms with Crippen LogP contribution in [0.3, 0.4) is 0 Å². The van der Waals surface area contributed by atoms with Gasteiger partial charge in [-0.15, -0.1) is 0 Å². The Kier molecular flexibility index (Phi) is 11.9. The van der Waals surface area contributed by atoms with Gasteiger partial charge in [0, 0.05) is 71.6 Å². The predicted molar refractivity (Wildman–Crippen MR) is 132 cm³/mol. The van der Waals surface area contributed by atoms with Gasteiger partial charge in [0.25, 0.3) is 6.47 Å². The lowest BCUT2D eigenvalue weighted by Crippen LogP contribution is -2.41. The molecule has 12 nitrogen and oxygen atoms in total. The van der Waals surface area contributed by atoms with E-state index in [-0.39, 0.29) is 50.0 Å². The Morgan fingerprint density at radius 3 is 2.05 bits per heavy atom. The molecule has 3 unspecified atom stereocenters. The molecule has 2 heterocycles. The van der Waals surface area contributed by atoms with Gasteiger partial charge in [-0.1, -0.05) is 0 Å². The number of hydrogen-bond donors (Lipinski definition) is 1. The second kappa shape index (κ2) is 15.1. The standard InChI is InChI=1S/C25H40N4O8/c30-19-36-18-29-10-2-8-26-11-12-28(17-23(33)34)9-1-7-27(13-14-29)16-20(15-26)3-6-24(35)37-25-21(31)4-5-22(25)32/h19-20,25H,1-18H2,(H,33,34). The highest BCUT2D eigenvalue weighted by atomic mass is 16.6. The van der Waals surface area contributed by atoms with Crippen LogP contribution in [0.15, 0.2) is 0 Å². The van der Waals surface area contributed by atoms with Crippen LogP contribution in [0.25, 0.3) is 0 Å². The average Bonchev–Trinajstić information content (AvgIpc) is 3.14. The monoisotopic (exact) mass is 524 g/mol. The summed E-state index contributed by atoms with van der Waals surface area (Å²) < 4.78 is 10.2. The van der Waals surface area contributed by atoms with Crippen molar-refractivity contribution in [3.63, 3.8) is 0 Å². The lowest BCUT2D eigenvalue weighted by atomic mass is 10.0. The number of carboxylic acid groups (broad SMARTS) is 1. The van der Waals surface area contributed by atoms with Crippen LogP contribution < -0.4 is 0 Å². The van der Waals surface area contributed by atoms with E-state index < -0.39 is 18.0 Å². The largest absolute Gasteiger partial charge is 0.480 e. The normalized spacial score (nSPS) is 27.4. The number of nitrogens with zero attached hydrogens (tertiary/aromatic N) is 4. The molecule has 0 radical (unpaired) electrons. The minimum atomic E-state index is -1.23. The van der Waals surface area contributed by atoms with Crippen molar-refractivity contribution in [2.75, 3.05) is 78.7 Å². The van der Waals surface area contributed by atoms with E-state index in [2.05, 4.69) is 14.7 Å². The van der Waals surface area contributed by atoms with Gasteiger partial charge in [0.15, 0.2) is 11.6 Å². The molecule has 0 aromatic carbocycles. The maximum Gasteiger partial charge on any atom is 0.317 e. The lowest BCUT2D eigenvalue weighted by molar-refractivity contribution is -0.157. The van der Waals surface area contributed by atoms with E-state index in [0.29, 0.717) is 32.5 Å². The van der Waals surface area contributed by atoms with E-state index in [9.17, 15) is 29.1 Å². The molecule has 37 heavy (non-hydrogen) atoms. The molecule has 1 saturated carbocycles. The van der Waals surface area contributed by atoms with Gasteiger partial charge in [0.1, 0.15) is 6.73 Å². The number of Topliss-reactive ketones (excluding diaryl/α,β-unsaturated/α-hetero) is 2. The van der Waals surface area contributed by atoms with Crippen LogP contribution in [0, 0.1) is 5.92 Å². The van der Waals surface area contributed by atoms with Crippen molar-refractivity contribution in [3.05, 3.63) is 0 Å². The number of hydrogen-bond acceptors (Lipinski definition) is 11. The first kappa shape index (κ1) is 29.2. The Labute approximate surface area is 217 Å². The summed E-state index contributed by atoms with van der Waals surface area (Å²) in [5.74, 6) is -1.83. The Morgan fingerprint density at radius 2 is 1.46 bits per heavy atom. The van der Waals surface area contributed by atoms with Gasteiger partial charge in [-0.2, -0.15) is 0 Å². The molecule has 0 amide bonds. The molecule has 208 valence electrons. The van der Waals surface area contributed by atoms with Gasteiger partial charge >= 0.3 is 11.9 Å². The van der Waals surface area contributed by atoms with Gasteiger partial charge in [-0.25, -0.2) is 0 Å². The fraction of sp³-hybridized carbons (Fsp3) is 0.800. The summed E-state index contributed by atoms with van der Waals surface area (Å²) in [6.45, 7) is 8.11. The average molecular weight is 525 g/mol. The zero-order valence-corrected chi connectivity index (χ0v) is 21.6. The first-order valence-corrected chi connectivity index (χ1v) is 13.3. The van der Waals surface area contributed by atoms with E-state index in [4.69, 9.17) is 9.47 Å². The Morgan fingerprint density at radius 1 is 0.865 bits per heavy atom. The highest BCUT2D eigenvalue weighted by Crippen LogP contribution is 2.19. The number of ketones is 2. The Hall–Kier alpha value is -2.41. The molecule has 0 spiro atoms. The molecule has 3 aliphatic rings. The molecule has 3 fully saturated rings. The van der Waals surface area contributed by atoms with Crippen molar-refractivity contribution in [1.29, 1.82) is 0 Å². The van der Waals surface area contributed by atoms with Crippen LogP contribution in [0.1, 0.15) is 38.5 Å². The molecule has 3 atom stereocenters. The van der Waals surface area contributed by atoms with E-state index in [1.807, 2.05) is 4.90 Å². The number of fused-ring (bicyclic) bond motifs is 4. The van der Waals surface area contributed by atoms with Gasteiger partial charge in [-0.05, 0) is 38.3 Å². The van der Waals surface area contributed by atoms with Crippen molar-refractivity contribution in [1.82, 2.24) is 19.6 Å². The summed E-state index contributed by atoms with van der Waals surface area (Å²) in [4.78, 5) is 67.1. The van der Waals surface area contributed by atoms with Gasteiger partial charge in [-0.3, -0.25) is 33.8 Å². The molecular weight excluding hydrogens is 484 g/mol. The molecular formula is C25H40N4O8. The lowest BCUT2D eigenvalue weighted by Gasteiger charge is -2.31. The number of carboxylic acids is 1. The third-order valence-corrected chi connectivity index (χ3v) is 7.29. The summed E-state index contributed by atoms with van der Waals surface area (Å²) >= 11 is 0. The van der Waals surface area contributed by atoms with E-state index in [0.717, 1.165) is 58.7 Å². The van der Waals surface area contributed by atoms with Crippen LogP contribution >= 0.6 is 0 Å². The van der Waals surface area contributed by atoms with Gasteiger partial charge in [0.2, 0.25) is 6.10 Å². The zero-order valence-electron chi connectivity index (χ0n) is 21.6. The third kappa shape index (κ3) is 10.1. The predicted octanol–water partition coefficient (Wildman–Crippen LogP) is -0.543. The summed E-state index contributed by atoms with van der Waals surface area (Å²) in [5.41, 5.74) is 0. The minimum Gasteiger partial charge on any atom is -0.480 e. The second-order valence-electron chi connectivity index (χ2n) is 10.2. The fourth-order valence-electron chi connectivity index (χ4n) is 5.33. The Bertz CT molecular complexity index is 794. The van der Waals surface area contributed by atoms with E-state index >= 15 is 0 Å². The van der Waals surface area contributed by atoms with E-state index in [1.165, 1.54) is 0 Å². The molecule has 2 aliphatic heterocycles. The van der Waals surface area contributed by atoms with Crippen molar-refractivity contribution in [2.45, 2.75) is 44.6 Å². The molecule has 12 heteroatoms. The first-order chi connectivity index (χ1) is 17.8. The topological polar surface area (TPSA) is 137 Å². The maximum absolute atomic E-state index is 12.5. The maximum atomic E-state index is 12.5. The fourth-order valence-corrected chi connectivity index (χ4v) is 5.33. The quantitative estimate of drug-likeness (QED) is 0.235. The summed E-state index contributed by atoms with van der Waals surface area (Å²) in [5, 5.41) is 9.33. The molecule has 0 aromatic heterocycles. The molecule has 1 N–H and O–H groups in total. The Balaban J connectivity index is 1.68. The third-order valence-electron chi connectivity index (χ3n) is 7.29. The molecule has 2 saturated heterocycles. The number of aliphatic carboxylic acids is 1. The smallest absolute Gasteiger partial charge is 0.317 e. The highest BCUT2D eigenvalue weighted by Gasteiger charge is 2.36. The first-order valence-electron chi connectivity index (χ1n) is 13.3. The van der Waals surface area contributed by atoms with Crippen LogP contribution in [0.4, 0.5) is 0 Å². The van der Waals surface area contributed by atoms with Crippen molar-refractivity contribution in [3.8, 4) is 0 Å². The molecule has 0 aromatic rings. The van der Waals surface area contributed by atoms with E-state index in [1.54, 1.807) is 0 Å². The second-order valence-corrected chi connectivity index (χ2v) is 10.2. The summed E-state index contributed by atoms with van der Waals surface area (Å²) in [7, 11) is 0. The van der Waals surface area contributed by atoms with Crippen LogP contribution in [-0.4, -0.2) is 140 Å². The molecule has 3 rings (SSSR count). The summed E-state index contributed by atoms with van der Waals surface area (Å²) in [6, 6.07) is 0. The highest BCUT2D eigenvalue weighted by molar-refractivity contribution is 6.12. The van der Waals surface area contributed by atoms with Crippen molar-refractivity contribution < 1.29 is 38.6 Å². The summed E-state index contributed by atoms with van der Waals surface area (Å²) in [6.07, 6.45) is 1.42. The molecule has 2 bridgehead atoms. The zero-order chi connectivity index (χ0) is 26.6. The number of esters is 1. The number of carbonyl (C=O) groups excluding carboxylic acids is 4. The van der Waals surface area contributed by atoms with Crippen LogP contribution in [0.5, 0.6) is 0 Å². The van der Waals surface area contributed by atoms with Crippen LogP contribution in [-0.2, 0) is 33.4 Å². The minimum absolute atomic E-state index is 0.0124.